The fraction of sp³-hybridized carbons (Fsp3) is 0.250. The zero-order valence-corrected chi connectivity index (χ0v) is 15.0. The molecule has 3 heterocycles. The number of H-pyrrole nitrogens is 1. The van der Waals surface area contributed by atoms with Gasteiger partial charge in [-0.05, 0) is 25.0 Å². The first kappa shape index (κ1) is 16.7. The molecule has 7 nitrogen and oxygen atoms in total. The maximum absolute atomic E-state index is 13.5. The predicted molar refractivity (Wildman–Crippen MR) is 103 cm³/mol. The Morgan fingerprint density at radius 3 is 2.93 bits per heavy atom. The molecule has 4 aromatic rings. The number of aromatic amines is 1. The number of rotatable bonds is 4. The fourth-order valence-electron chi connectivity index (χ4n) is 3.86. The maximum Gasteiger partial charge on any atom is 0.289 e. The summed E-state index contributed by atoms with van der Waals surface area (Å²) in [5, 5.41) is 11.7. The van der Waals surface area contributed by atoms with E-state index < -0.39 is 6.08 Å². The molecule has 1 atom stereocenters. The number of benzene rings is 2. The van der Waals surface area contributed by atoms with Gasteiger partial charge in [0.1, 0.15) is 29.9 Å². The maximum atomic E-state index is 13.5. The lowest BCUT2D eigenvalue weighted by Gasteiger charge is -2.26. The molecule has 8 heteroatoms. The van der Waals surface area contributed by atoms with Gasteiger partial charge in [0.25, 0.3) is 6.08 Å². The third-order valence-electron chi connectivity index (χ3n) is 5.18. The Morgan fingerprint density at radius 2 is 2.04 bits per heavy atom. The molecule has 0 radical (unpaired) electrons. The van der Waals surface area contributed by atoms with Crippen molar-refractivity contribution in [2.75, 3.05) is 18.1 Å². The molecule has 1 aliphatic rings. The lowest BCUT2D eigenvalue weighted by molar-refractivity contribution is 0.291. The van der Waals surface area contributed by atoms with Gasteiger partial charge in [-0.2, -0.15) is 9.37 Å². The van der Waals surface area contributed by atoms with Crippen molar-refractivity contribution in [1.82, 2.24) is 19.9 Å². The number of nitrogens with one attached hydrogen (secondary N) is 1. The first-order valence-electron chi connectivity index (χ1n) is 9.17. The number of hydrogen-bond donors (Lipinski definition) is 2. The molecule has 1 saturated heterocycles. The minimum Gasteiger partial charge on any atom is -0.507 e. The quantitative estimate of drug-likeness (QED) is 0.529. The molecule has 2 N–H and O–H groups in total. The van der Waals surface area contributed by atoms with Gasteiger partial charge in [0, 0.05) is 17.3 Å². The third-order valence-corrected chi connectivity index (χ3v) is 5.18. The van der Waals surface area contributed by atoms with Crippen LogP contribution in [0.15, 0.2) is 42.7 Å². The van der Waals surface area contributed by atoms with Crippen LogP contribution in [-0.4, -0.2) is 44.2 Å². The molecule has 0 aliphatic carbocycles. The molecule has 2 aromatic heterocycles. The van der Waals surface area contributed by atoms with E-state index in [9.17, 15) is 9.50 Å². The highest BCUT2D eigenvalue weighted by atomic mass is 19.1. The fourth-order valence-corrected chi connectivity index (χ4v) is 3.86. The van der Waals surface area contributed by atoms with Crippen LogP contribution in [0.3, 0.4) is 0 Å². The number of phenols is 1. The molecule has 0 amide bonds. The van der Waals surface area contributed by atoms with Crippen molar-refractivity contribution in [3.63, 3.8) is 0 Å². The van der Waals surface area contributed by atoms with E-state index in [1.54, 1.807) is 12.1 Å². The van der Waals surface area contributed by atoms with E-state index >= 15 is 0 Å². The number of ether oxygens (including phenoxy) is 1. The van der Waals surface area contributed by atoms with Gasteiger partial charge in [0.05, 0.1) is 6.04 Å². The number of nitrogens with zero attached hydrogens (tertiary/aromatic N) is 4. The van der Waals surface area contributed by atoms with Crippen molar-refractivity contribution >= 4 is 27.8 Å². The zero-order valence-electron chi connectivity index (χ0n) is 15.0. The molecule has 5 rings (SSSR count). The minimum absolute atomic E-state index is 0.0945. The summed E-state index contributed by atoms with van der Waals surface area (Å²) >= 11 is 0. The monoisotopic (exact) mass is 379 g/mol. The Morgan fingerprint density at radius 1 is 1.18 bits per heavy atom. The van der Waals surface area contributed by atoms with Crippen molar-refractivity contribution < 1.29 is 14.2 Å². The first-order valence-corrected chi connectivity index (χ1v) is 9.17. The van der Waals surface area contributed by atoms with Gasteiger partial charge in [-0.15, -0.1) is 0 Å². The molecule has 142 valence electrons. The molecule has 0 saturated carbocycles. The second kappa shape index (κ2) is 6.63. The highest BCUT2D eigenvalue weighted by Crippen LogP contribution is 2.33. The molecule has 1 aliphatic heterocycles. The number of aromatic nitrogens is 4. The van der Waals surface area contributed by atoms with Gasteiger partial charge < -0.3 is 19.7 Å². The number of imidazole rings is 1. The summed E-state index contributed by atoms with van der Waals surface area (Å²) < 4.78 is 19.7. The van der Waals surface area contributed by atoms with Crippen LogP contribution in [0.5, 0.6) is 11.5 Å². The molecule has 2 aromatic carbocycles. The van der Waals surface area contributed by atoms with E-state index in [1.807, 2.05) is 24.3 Å². The molecule has 0 spiro atoms. The van der Waals surface area contributed by atoms with Gasteiger partial charge >= 0.3 is 0 Å². The highest BCUT2D eigenvalue weighted by Gasteiger charge is 2.29. The number of hydrogen-bond acceptors (Lipinski definition) is 6. The smallest absolute Gasteiger partial charge is 0.289 e. The first-order chi connectivity index (χ1) is 13.7. The van der Waals surface area contributed by atoms with E-state index in [0.717, 1.165) is 35.9 Å². The Labute approximate surface area is 159 Å². The number of fused-ring (bicyclic) bond motifs is 2. The average Bonchev–Trinajstić information content (AvgIpc) is 3.33. The Kier molecular flexibility index (Phi) is 3.96. The summed E-state index contributed by atoms with van der Waals surface area (Å²) in [6, 6.07) is 11.1. The van der Waals surface area contributed by atoms with Crippen LogP contribution in [-0.2, 0) is 0 Å². The molecule has 28 heavy (non-hydrogen) atoms. The number of aromatic hydroxyl groups is 1. The van der Waals surface area contributed by atoms with Crippen LogP contribution >= 0.6 is 0 Å². The zero-order chi connectivity index (χ0) is 19.1. The summed E-state index contributed by atoms with van der Waals surface area (Å²) in [6.07, 6.45) is 2.67. The van der Waals surface area contributed by atoms with Crippen molar-refractivity contribution in [1.29, 1.82) is 0 Å². The number of anilines is 1. The van der Waals surface area contributed by atoms with Crippen LogP contribution in [0.4, 0.5) is 10.2 Å². The van der Waals surface area contributed by atoms with Crippen LogP contribution in [0.1, 0.15) is 12.8 Å². The minimum atomic E-state index is -0.667. The van der Waals surface area contributed by atoms with E-state index in [2.05, 4.69) is 24.8 Å². The second-order valence-electron chi connectivity index (χ2n) is 6.85. The largest absolute Gasteiger partial charge is 0.507 e. The highest BCUT2D eigenvalue weighted by molar-refractivity contribution is 5.93. The Bertz CT molecular complexity index is 1160. The molecular formula is C20H18FN5O2. The molecule has 0 bridgehead atoms. The van der Waals surface area contributed by atoms with Crippen molar-refractivity contribution in [3.8, 4) is 11.5 Å². The van der Waals surface area contributed by atoms with Gasteiger partial charge in [0.15, 0.2) is 11.5 Å². The predicted octanol–water partition coefficient (Wildman–Crippen LogP) is 3.40. The third kappa shape index (κ3) is 2.77. The van der Waals surface area contributed by atoms with E-state index in [0.29, 0.717) is 23.6 Å². The van der Waals surface area contributed by atoms with E-state index in [4.69, 9.17) is 4.74 Å². The number of halogens is 1. The SMILES string of the molecule is Oc1ccc(OCC2CCCN2c2ncnc3nc(F)[nH]c23)c2ccccc12. The van der Waals surface area contributed by atoms with Crippen LogP contribution in [0.2, 0.25) is 0 Å². The van der Waals surface area contributed by atoms with Gasteiger partial charge in [0.2, 0.25) is 0 Å². The summed E-state index contributed by atoms with van der Waals surface area (Å²) in [6.45, 7) is 1.26. The van der Waals surface area contributed by atoms with Crippen molar-refractivity contribution in [3.05, 3.63) is 48.8 Å². The molecular weight excluding hydrogens is 361 g/mol. The van der Waals surface area contributed by atoms with Gasteiger partial charge in [-0.25, -0.2) is 9.97 Å². The lowest BCUT2D eigenvalue weighted by Crippen LogP contribution is -2.35. The van der Waals surface area contributed by atoms with Crippen LogP contribution < -0.4 is 9.64 Å². The van der Waals surface area contributed by atoms with Crippen LogP contribution in [0, 0.1) is 6.08 Å². The van der Waals surface area contributed by atoms with Gasteiger partial charge in [-0.3, -0.25) is 0 Å². The Hall–Kier alpha value is -3.42. The average molecular weight is 379 g/mol. The summed E-state index contributed by atoms with van der Waals surface area (Å²) in [5.41, 5.74) is 0.820. The van der Waals surface area contributed by atoms with Crippen molar-refractivity contribution in [2.24, 2.45) is 0 Å². The normalized spacial score (nSPS) is 16.9. The molecule has 1 fully saturated rings. The number of phenolic OH excluding ortho intramolecular Hbond substituents is 1. The summed E-state index contributed by atoms with van der Waals surface area (Å²) in [4.78, 5) is 16.9. The summed E-state index contributed by atoms with van der Waals surface area (Å²) in [7, 11) is 0. The lowest BCUT2D eigenvalue weighted by atomic mass is 10.1. The second-order valence-corrected chi connectivity index (χ2v) is 6.85. The van der Waals surface area contributed by atoms with E-state index in [-0.39, 0.29) is 11.8 Å². The molecule has 1 unspecified atom stereocenters. The Balaban J connectivity index is 1.42. The van der Waals surface area contributed by atoms with Gasteiger partial charge in [-0.1, -0.05) is 24.3 Å². The topological polar surface area (TPSA) is 87.2 Å². The van der Waals surface area contributed by atoms with E-state index in [1.165, 1.54) is 6.33 Å². The standard InChI is InChI=1S/C20H18FN5O2/c21-20-24-17-18(25-20)22-11-23-19(17)26-9-3-4-12(26)10-28-16-8-7-15(27)13-5-1-2-6-14(13)16/h1-2,5-8,11-12,27H,3-4,9-10H2,(H,22,23,24,25). The van der Waals surface area contributed by atoms with Crippen LogP contribution in [0.25, 0.3) is 21.9 Å². The van der Waals surface area contributed by atoms with Crippen molar-refractivity contribution in [2.45, 2.75) is 18.9 Å². The summed E-state index contributed by atoms with van der Waals surface area (Å²) in [5.74, 6) is 1.60.